The number of amides is 1. The highest BCUT2D eigenvalue weighted by Gasteiger charge is 2.10. The third-order valence-corrected chi connectivity index (χ3v) is 4.37. The number of hydrogen-bond acceptors (Lipinski definition) is 4. The molecule has 3 rings (SSSR count). The molecule has 3 aromatic rings. The van der Waals surface area contributed by atoms with Crippen LogP contribution in [-0.4, -0.2) is 15.9 Å². The number of aromatic nitrogens is 2. The lowest BCUT2D eigenvalue weighted by atomic mass is 10.1. The van der Waals surface area contributed by atoms with Crippen LogP contribution in [-0.2, 0) is 6.42 Å². The average Bonchev–Trinajstić information content (AvgIpc) is 2.66. The molecule has 0 fully saturated rings. The highest BCUT2D eigenvalue weighted by atomic mass is 16.1. The Labute approximate surface area is 153 Å². The van der Waals surface area contributed by atoms with E-state index in [2.05, 4.69) is 39.7 Å². The van der Waals surface area contributed by atoms with Crippen LogP contribution in [0.4, 0.5) is 17.2 Å². The van der Waals surface area contributed by atoms with Gasteiger partial charge in [-0.3, -0.25) is 4.79 Å². The van der Waals surface area contributed by atoms with Crippen LogP contribution in [0.1, 0.15) is 34.1 Å². The van der Waals surface area contributed by atoms with Gasteiger partial charge in [-0.05, 0) is 55.2 Å². The van der Waals surface area contributed by atoms with E-state index in [1.54, 1.807) is 6.20 Å². The lowest BCUT2D eigenvalue weighted by molar-refractivity contribution is 0.102. The van der Waals surface area contributed by atoms with Crippen LogP contribution in [0, 0.1) is 13.8 Å². The van der Waals surface area contributed by atoms with Crippen molar-refractivity contribution in [3.05, 3.63) is 77.2 Å². The van der Waals surface area contributed by atoms with E-state index in [4.69, 9.17) is 0 Å². The molecule has 0 aliphatic carbocycles. The lowest BCUT2D eigenvalue weighted by Crippen LogP contribution is -2.15. The van der Waals surface area contributed by atoms with Crippen LogP contribution in [0.2, 0.25) is 0 Å². The molecule has 5 nitrogen and oxygen atoms in total. The number of anilines is 3. The van der Waals surface area contributed by atoms with Gasteiger partial charge in [-0.15, -0.1) is 0 Å². The number of carbonyl (C=O) groups is 1. The maximum atomic E-state index is 12.4. The number of aryl methyl sites for hydroxylation is 2. The minimum absolute atomic E-state index is 0.273. The van der Waals surface area contributed by atoms with Gasteiger partial charge in [0.2, 0.25) is 0 Å². The van der Waals surface area contributed by atoms with Gasteiger partial charge in [-0.25, -0.2) is 9.97 Å². The Kier molecular flexibility index (Phi) is 5.27. The Morgan fingerprint density at radius 3 is 2.42 bits per heavy atom. The summed E-state index contributed by atoms with van der Waals surface area (Å²) in [6.07, 6.45) is 4.04. The molecule has 26 heavy (non-hydrogen) atoms. The van der Waals surface area contributed by atoms with Crippen molar-refractivity contribution in [2.24, 2.45) is 0 Å². The lowest BCUT2D eigenvalue weighted by Gasteiger charge is -2.10. The first kappa shape index (κ1) is 17.6. The topological polar surface area (TPSA) is 66.9 Å². The summed E-state index contributed by atoms with van der Waals surface area (Å²) in [6.45, 7) is 6.11. The molecule has 0 atom stereocenters. The SMILES string of the molecule is CCc1ccc(Nc2cnc(C(=O)Nc3cccc(C)c3C)cn2)cc1. The molecular weight excluding hydrogens is 324 g/mol. The van der Waals surface area contributed by atoms with Crippen LogP contribution >= 0.6 is 0 Å². The molecule has 0 saturated carbocycles. The van der Waals surface area contributed by atoms with Crippen molar-refractivity contribution in [2.45, 2.75) is 27.2 Å². The normalized spacial score (nSPS) is 10.4. The first-order chi connectivity index (χ1) is 12.6. The number of rotatable bonds is 5. The second-order valence-corrected chi connectivity index (χ2v) is 6.16. The first-order valence-corrected chi connectivity index (χ1v) is 8.62. The fourth-order valence-corrected chi connectivity index (χ4v) is 2.55. The predicted octanol–water partition coefficient (Wildman–Crippen LogP) is 4.65. The highest BCUT2D eigenvalue weighted by molar-refractivity contribution is 6.03. The number of nitrogens with zero attached hydrogens (tertiary/aromatic N) is 2. The van der Waals surface area contributed by atoms with Crippen LogP contribution in [0.3, 0.4) is 0 Å². The molecule has 1 aromatic heterocycles. The zero-order valence-electron chi connectivity index (χ0n) is 15.2. The number of benzene rings is 2. The van der Waals surface area contributed by atoms with Gasteiger partial charge in [-0.1, -0.05) is 31.2 Å². The molecule has 0 unspecified atom stereocenters. The molecule has 0 aliphatic heterocycles. The van der Waals surface area contributed by atoms with Gasteiger partial charge in [0.15, 0.2) is 0 Å². The molecule has 5 heteroatoms. The zero-order chi connectivity index (χ0) is 18.5. The largest absolute Gasteiger partial charge is 0.339 e. The predicted molar refractivity (Wildman–Crippen MR) is 105 cm³/mol. The van der Waals surface area contributed by atoms with Crippen molar-refractivity contribution in [3.63, 3.8) is 0 Å². The summed E-state index contributed by atoms with van der Waals surface area (Å²) in [5, 5.41) is 6.07. The molecule has 0 bridgehead atoms. The fourth-order valence-electron chi connectivity index (χ4n) is 2.55. The molecule has 1 heterocycles. The molecule has 0 spiro atoms. The first-order valence-electron chi connectivity index (χ1n) is 8.62. The molecule has 2 N–H and O–H groups in total. The summed E-state index contributed by atoms with van der Waals surface area (Å²) in [6, 6.07) is 14.0. The molecule has 0 aliphatic rings. The van der Waals surface area contributed by atoms with Crippen molar-refractivity contribution in [1.29, 1.82) is 0 Å². The van der Waals surface area contributed by atoms with Crippen molar-refractivity contribution in [2.75, 3.05) is 10.6 Å². The second-order valence-electron chi connectivity index (χ2n) is 6.16. The van der Waals surface area contributed by atoms with Crippen LogP contribution in [0.15, 0.2) is 54.9 Å². The van der Waals surface area contributed by atoms with Crippen LogP contribution in [0.5, 0.6) is 0 Å². The Balaban J connectivity index is 1.68. The molecule has 0 saturated heterocycles. The average molecular weight is 346 g/mol. The quantitative estimate of drug-likeness (QED) is 0.705. The summed E-state index contributed by atoms with van der Waals surface area (Å²) in [5.41, 5.74) is 5.45. The molecule has 0 radical (unpaired) electrons. The van der Waals surface area contributed by atoms with Gasteiger partial charge in [0.05, 0.1) is 12.4 Å². The smallest absolute Gasteiger partial charge is 0.275 e. The highest BCUT2D eigenvalue weighted by Crippen LogP contribution is 2.19. The number of nitrogens with one attached hydrogen (secondary N) is 2. The molecule has 132 valence electrons. The van der Waals surface area contributed by atoms with E-state index in [-0.39, 0.29) is 11.6 Å². The van der Waals surface area contributed by atoms with E-state index in [0.717, 1.165) is 28.9 Å². The monoisotopic (exact) mass is 346 g/mol. The van der Waals surface area contributed by atoms with Crippen LogP contribution in [0.25, 0.3) is 0 Å². The zero-order valence-corrected chi connectivity index (χ0v) is 15.2. The Bertz CT molecular complexity index is 902. The maximum Gasteiger partial charge on any atom is 0.275 e. The van der Waals surface area contributed by atoms with E-state index in [0.29, 0.717) is 5.82 Å². The Morgan fingerprint density at radius 2 is 1.77 bits per heavy atom. The van der Waals surface area contributed by atoms with Crippen molar-refractivity contribution in [3.8, 4) is 0 Å². The summed E-state index contributed by atoms with van der Waals surface area (Å²) in [7, 11) is 0. The summed E-state index contributed by atoms with van der Waals surface area (Å²) < 4.78 is 0. The minimum atomic E-state index is -0.273. The fraction of sp³-hybridized carbons (Fsp3) is 0.190. The number of carbonyl (C=O) groups excluding carboxylic acids is 1. The van der Waals surface area contributed by atoms with Crippen molar-refractivity contribution >= 4 is 23.1 Å². The number of hydrogen-bond donors (Lipinski definition) is 2. The van der Waals surface area contributed by atoms with Gasteiger partial charge < -0.3 is 10.6 Å². The summed E-state index contributed by atoms with van der Waals surface area (Å²) in [4.78, 5) is 20.9. The maximum absolute atomic E-state index is 12.4. The van der Waals surface area contributed by atoms with Gasteiger partial charge in [0.1, 0.15) is 11.5 Å². The van der Waals surface area contributed by atoms with Gasteiger partial charge in [0.25, 0.3) is 5.91 Å². The third kappa shape index (κ3) is 4.06. The van der Waals surface area contributed by atoms with Crippen molar-refractivity contribution < 1.29 is 4.79 Å². The van der Waals surface area contributed by atoms with E-state index in [9.17, 15) is 4.79 Å². The van der Waals surface area contributed by atoms with Crippen LogP contribution < -0.4 is 10.6 Å². The Hall–Kier alpha value is -3.21. The third-order valence-electron chi connectivity index (χ3n) is 4.37. The van der Waals surface area contributed by atoms with E-state index >= 15 is 0 Å². The Morgan fingerprint density at radius 1 is 1.00 bits per heavy atom. The molecule has 1 amide bonds. The van der Waals surface area contributed by atoms with E-state index in [1.165, 1.54) is 11.8 Å². The minimum Gasteiger partial charge on any atom is -0.339 e. The molecule has 2 aromatic carbocycles. The van der Waals surface area contributed by atoms with E-state index in [1.807, 2.05) is 44.2 Å². The second kappa shape index (κ2) is 7.78. The summed E-state index contributed by atoms with van der Waals surface area (Å²) >= 11 is 0. The van der Waals surface area contributed by atoms with Gasteiger partial charge in [-0.2, -0.15) is 0 Å². The standard InChI is InChI=1S/C21H22N4O/c1-4-16-8-10-17(11-9-16)24-20-13-22-19(12-23-20)21(26)25-18-7-5-6-14(2)15(18)3/h5-13H,4H2,1-3H3,(H,23,24)(H,25,26). The van der Waals surface area contributed by atoms with Gasteiger partial charge in [0, 0.05) is 11.4 Å². The van der Waals surface area contributed by atoms with Gasteiger partial charge >= 0.3 is 0 Å². The van der Waals surface area contributed by atoms with Crippen molar-refractivity contribution in [1.82, 2.24) is 9.97 Å². The summed E-state index contributed by atoms with van der Waals surface area (Å²) in [5.74, 6) is 0.322. The molecular formula is C21H22N4O. The van der Waals surface area contributed by atoms with E-state index < -0.39 is 0 Å².